The Kier molecular flexibility index (Phi) is 6.87. The molecule has 208 valence electrons. The van der Waals surface area contributed by atoms with Gasteiger partial charge in [0.2, 0.25) is 5.78 Å². The third kappa shape index (κ3) is 4.03. The number of benzene rings is 2. The van der Waals surface area contributed by atoms with Crippen molar-refractivity contribution in [1.29, 1.82) is 0 Å². The highest BCUT2D eigenvalue weighted by Crippen LogP contribution is 2.59. The molecule has 0 aromatic heterocycles. The predicted molar refractivity (Wildman–Crippen MR) is 144 cm³/mol. The van der Waals surface area contributed by atoms with Crippen LogP contribution in [0.1, 0.15) is 55.2 Å². The van der Waals surface area contributed by atoms with E-state index in [0.717, 1.165) is 5.56 Å². The first-order valence-electron chi connectivity index (χ1n) is 13.4. The summed E-state index contributed by atoms with van der Waals surface area (Å²) in [6.07, 6.45) is 0.551. The van der Waals surface area contributed by atoms with Crippen molar-refractivity contribution in [3.8, 4) is 5.75 Å². The molecule has 1 saturated carbocycles. The number of carbonyl (C=O) groups excluding carboxylic acids is 4. The molecule has 0 radical (unpaired) electrons. The minimum absolute atomic E-state index is 0.0354. The highest BCUT2D eigenvalue weighted by atomic mass is 16.3. The molecule has 9 nitrogen and oxygen atoms in total. The molecule has 0 unspecified atom stereocenters. The van der Waals surface area contributed by atoms with Crippen LogP contribution in [-0.4, -0.2) is 49.3 Å². The van der Waals surface area contributed by atoms with Gasteiger partial charge < -0.3 is 26.2 Å². The molecule has 40 heavy (non-hydrogen) atoms. The number of amides is 1. The molecule has 1 fully saturated rings. The van der Waals surface area contributed by atoms with E-state index in [2.05, 4.69) is 0 Å². The predicted octanol–water partition coefficient (Wildman–Crippen LogP) is 3.19. The second kappa shape index (κ2) is 10.1. The topological polar surface area (TPSA) is 175 Å². The SMILES string of the molecule is CCC(=O)C[C@H]1[C@H]2C(=C(O)c3c(O)cccc3[C@@H]2CCc2ccccc2)C(=O)[C@]2(O)C(O)=C(C(N)=O)C(=O)C[C@H]12. The van der Waals surface area contributed by atoms with E-state index in [4.69, 9.17) is 5.73 Å². The first-order chi connectivity index (χ1) is 19.0. The maximum Gasteiger partial charge on any atom is 0.255 e. The van der Waals surface area contributed by atoms with Gasteiger partial charge in [-0.05, 0) is 41.9 Å². The molecule has 0 heterocycles. The number of ketones is 3. The molecule has 9 heteroatoms. The van der Waals surface area contributed by atoms with E-state index in [1.165, 1.54) is 6.07 Å². The number of primary amides is 1. The summed E-state index contributed by atoms with van der Waals surface area (Å²) < 4.78 is 0. The van der Waals surface area contributed by atoms with Gasteiger partial charge in [0.1, 0.15) is 28.6 Å². The number of phenols is 1. The van der Waals surface area contributed by atoms with Crippen molar-refractivity contribution in [2.45, 2.75) is 50.5 Å². The quantitative estimate of drug-likeness (QED) is 0.330. The number of aliphatic hydroxyl groups is 3. The second-order valence-corrected chi connectivity index (χ2v) is 10.8. The molecule has 5 atom stereocenters. The Morgan fingerprint density at radius 2 is 1.73 bits per heavy atom. The number of aromatic hydroxyl groups is 1. The summed E-state index contributed by atoms with van der Waals surface area (Å²) in [7, 11) is 0. The normalized spacial score (nSPS) is 27.6. The van der Waals surface area contributed by atoms with Crippen molar-refractivity contribution in [2.24, 2.45) is 23.5 Å². The Labute approximate surface area is 230 Å². The summed E-state index contributed by atoms with van der Waals surface area (Å²) in [6, 6.07) is 14.4. The number of Topliss-reactive ketones (excluding diaryl/α,β-unsaturated/α-hetero) is 3. The van der Waals surface area contributed by atoms with Crippen LogP contribution < -0.4 is 5.73 Å². The van der Waals surface area contributed by atoms with E-state index < -0.39 is 70.3 Å². The van der Waals surface area contributed by atoms with Crippen molar-refractivity contribution < 1.29 is 39.6 Å². The second-order valence-electron chi connectivity index (χ2n) is 10.8. The Balaban J connectivity index is 1.76. The number of rotatable bonds is 7. The first-order valence-corrected chi connectivity index (χ1v) is 13.4. The van der Waals surface area contributed by atoms with Crippen LogP contribution in [0.5, 0.6) is 5.75 Å². The minimum atomic E-state index is -2.76. The molecule has 5 rings (SSSR count). The van der Waals surface area contributed by atoms with E-state index in [1.54, 1.807) is 19.1 Å². The van der Waals surface area contributed by atoms with Crippen LogP contribution >= 0.6 is 0 Å². The Hall–Kier alpha value is -4.24. The summed E-state index contributed by atoms with van der Waals surface area (Å²) in [5, 5.41) is 45.1. The zero-order chi connectivity index (χ0) is 28.9. The number of fused-ring (bicyclic) bond motifs is 3. The van der Waals surface area contributed by atoms with Crippen molar-refractivity contribution in [3.05, 3.63) is 82.1 Å². The Morgan fingerprint density at radius 3 is 2.38 bits per heavy atom. The molecule has 0 bridgehead atoms. The van der Waals surface area contributed by atoms with Crippen molar-refractivity contribution >= 4 is 29.0 Å². The smallest absolute Gasteiger partial charge is 0.255 e. The lowest BCUT2D eigenvalue weighted by molar-refractivity contribution is -0.155. The minimum Gasteiger partial charge on any atom is -0.508 e. The number of hydrogen-bond acceptors (Lipinski definition) is 8. The molecule has 0 saturated heterocycles. The van der Waals surface area contributed by atoms with Crippen LogP contribution in [0.2, 0.25) is 0 Å². The van der Waals surface area contributed by atoms with E-state index in [0.29, 0.717) is 18.4 Å². The maximum atomic E-state index is 14.2. The Morgan fingerprint density at radius 1 is 1.02 bits per heavy atom. The fourth-order valence-corrected chi connectivity index (χ4v) is 6.96. The molecule has 6 N–H and O–H groups in total. The number of carbonyl (C=O) groups is 4. The lowest BCUT2D eigenvalue weighted by atomic mass is 9.51. The molecule has 3 aliphatic rings. The molecule has 0 aliphatic heterocycles. The molecular formula is C31H31NO8. The highest BCUT2D eigenvalue weighted by Gasteiger charge is 2.65. The van der Waals surface area contributed by atoms with Crippen LogP contribution in [0.25, 0.3) is 5.76 Å². The number of nitrogens with two attached hydrogens (primary N) is 1. The van der Waals surface area contributed by atoms with Crippen molar-refractivity contribution in [3.63, 3.8) is 0 Å². The van der Waals surface area contributed by atoms with Gasteiger partial charge in [0.05, 0.1) is 5.56 Å². The summed E-state index contributed by atoms with van der Waals surface area (Å²) in [6.45, 7) is 1.67. The third-order valence-electron chi connectivity index (χ3n) is 8.81. The number of aryl methyl sites for hydroxylation is 1. The lowest BCUT2D eigenvalue weighted by Crippen LogP contribution is -2.62. The molecule has 1 amide bonds. The summed E-state index contributed by atoms with van der Waals surface area (Å²) >= 11 is 0. The molecule has 2 aromatic carbocycles. The standard InChI is InChI=1S/C31H31NO8/c1-2-16(33)13-19-20-14-22(35)25(30(32)39)28(37)31(20,40)29(38)26-23(19)18(12-11-15-7-4-3-5-8-15)17-9-6-10-21(34)24(17)27(26)36/h3-10,18-20,23,34,36-37,40H,2,11-14H2,1H3,(H2,32,39)/t18-,19+,20+,23-,31+/m0/s1. The number of phenolic OH excluding ortho intramolecular Hbond substituents is 1. The van der Waals surface area contributed by atoms with Crippen LogP contribution in [0.15, 0.2) is 65.4 Å². The largest absolute Gasteiger partial charge is 0.508 e. The van der Waals surface area contributed by atoms with Gasteiger partial charge in [0, 0.05) is 36.7 Å². The zero-order valence-electron chi connectivity index (χ0n) is 22.0. The molecule has 0 spiro atoms. The molecule has 3 aliphatic carbocycles. The van der Waals surface area contributed by atoms with E-state index >= 15 is 0 Å². The van der Waals surface area contributed by atoms with Gasteiger partial charge in [-0.1, -0.05) is 49.4 Å². The Bertz CT molecular complexity index is 1490. The van der Waals surface area contributed by atoms with Crippen LogP contribution in [-0.2, 0) is 25.6 Å². The summed E-state index contributed by atoms with van der Waals surface area (Å²) in [4.78, 5) is 52.1. The molecule has 2 aromatic rings. The number of hydrogen-bond donors (Lipinski definition) is 5. The lowest BCUT2D eigenvalue weighted by Gasteiger charge is -2.53. The van der Waals surface area contributed by atoms with Gasteiger partial charge in [-0.2, -0.15) is 0 Å². The van der Waals surface area contributed by atoms with E-state index in [9.17, 15) is 39.6 Å². The molecular weight excluding hydrogens is 514 g/mol. The summed E-state index contributed by atoms with van der Waals surface area (Å²) in [5.74, 6) is -8.81. The van der Waals surface area contributed by atoms with E-state index in [1.807, 2.05) is 30.3 Å². The average molecular weight is 546 g/mol. The van der Waals surface area contributed by atoms with E-state index in [-0.39, 0.29) is 35.5 Å². The van der Waals surface area contributed by atoms with Crippen molar-refractivity contribution in [2.75, 3.05) is 0 Å². The van der Waals surface area contributed by atoms with Gasteiger partial charge >= 0.3 is 0 Å². The van der Waals surface area contributed by atoms with Crippen LogP contribution in [0, 0.1) is 17.8 Å². The fraction of sp³-hybridized carbons (Fsp3) is 0.355. The summed E-state index contributed by atoms with van der Waals surface area (Å²) in [5.41, 5.74) is 3.08. The first kappa shape index (κ1) is 27.3. The monoisotopic (exact) mass is 545 g/mol. The van der Waals surface area contributed by atoms with Gasteiger partial charge in [0.15, 0.2) is 11.4 Å². The maximum absolute atomic E-state index is 14.2. The van der Waals surface area contributed by atoms with Crippen LogP contribution in [0.4, 0.5) is 0 Å². The highest BCUT2D eigenvalue weighted by molar-refractivity contribution is 6.23. The average Bonchev–Trinajstić information content (AvgIpc) is 2.92. The van der Waals surface area contributed by atoms with Gasteiger partial charge in [0.25, 0.3) is 5.91 Å². The van der Waals surface area contributed by atoms with Gasteiger partial charge in [-0.25, -0.2) is 0 Å². The fourth-order valence-electron chi connectivity index (χ4n) is 6.96. The van der Waals surface area contributed by atoms with Crippen molar-refractivity contribution in [1.82, 2.24) is 0 Å². The van der Waals surface area contributed by atoms with Gasteiger partial charge in [-0.3, -0.25) is 19.2 Å². The number of aliphatic hydroxyl groups excluding tert-OH is 2. The third-order valence-corrected chi connectivity index (χ3v) is 8.81. The zero-order valence-corrected chi connectivity index (χ0v) is 22.0. The van der Waals surface area contributed by atoms with Crippen LogP contribution in [0.3, 0.4) is 0 Å². The van der Waals surface area contributed by atoms with Gasteiger partial charge in [-0.15, -0.1) is 0 Å².